The average Bonchev–Trinajstić information content (AvgIpc) is 3.39. The number of anilines is 1. The molecule has 1 saturated heterocycles. The van der Waals surface area contributed by atoms with E-state index in [-0.39, 0.29) is 11.8 Å². The van der Waals surface area contributed by atoms with Gasteiger partial charge < -0.3 is 14.6 Å². The van der Waals surface area contributed by atoms with E-state index < -0.39 is 6.04 Å². The number of amides is 1. The van der Waals surface area contributed by atoms with Crippen molar-refractivity contribution in [1.82, 2.24) is 15.5 Å². The van der Waals surface area contributed by atoms with Crippen LogP contribution in [0.15, 0.2) is 34.7 Å². The Morgan fingerprint density at radius 3 is 2.50 bits per heavy atom. The van der Waals surface area contributed by atoms with Crippen LogP contribution < -0.4 is 10.2 Å². The number of carbonyl (C=O) groups excluding carboxylic acids is 1. The molecule has 2 heterocycles. The molecule has 138 valence electrons. The molecule has 1 N–H and O–H groups in total. The van der Waals surface area contributed by atoms with E-state index in [1.165, 1.54) is 6.42 Å². The molecule has 2 aliphatic rings. The highest BCUT2D eigenvalue weighted by Crippen LogP contribution is 2.29. The van der Waals surface area contributed by atoms with E-state index in [0.29, 0.717) is 11.9 Å². The summed E-state index contributed by atoms with van der Waals surface area (Å²) in [6.45, 7) is 1.90. The number of rotatable bonds is 5. The van der Waals surface area contributed by atoms with Crippen molar-refractivity contribution in [1.29, 1.82) is 0 Å². The zero-order valence-corrected chi connectivity index (χ0v) is 15.1. The molecule has 0 spiro atoms. The minimum absolute atomic E-state index is 0.0917. The lowest BCUT2D eigenvalue weighted by Gasteiger charge is -2.24. The number of carbonyl (C=O) groups is 1. The maximum atomic E-state index is 12.7. The van der Waals surface area contributed by atoms with Crippen LogP contribution in [0.4, 0.5) is 6.01 Å². The first-order chi connectivity index (χ1) is 12.8. The summed E-state index contributed by atoms with van der Waals surface area (Å²) in [6.07, 6.45) is 7.76. The zero-order chi connectivity index (χ0) is 17.8. The number of piperidine rings is 1. The van der Waals surface area contributed by atoms with Crippen LogP contribution in [0.5, 0.6) is 0 Å². The predicted octanol–water partition coefficient (Wildman–Crippen LogP) is 3.46. The van der Waals surface area contributed by atoms with E-state index >= 15 is 0 Å². The van der Waals surface area contributed by atoms with Gasteiger partial charge in [-0.25, -0.2) is 0 Å². The Kier molecular flexibility index (Phi) is 5.18. The summed E-state index contributed by atoms with van der Waals surface area (Å²) < 4.78 is 5.99. The lowest BCUT2D eigenvalue weighted by atomic mass is 10.0. The van der Waals surface area contributed by atoms with Crippen LogP contribution >= 0.6 is 0 Å². The van der Waals surface area contributed by atoms with Crippen molar-refractivity contribution in [3.8, 4) is 0 Å². The maximum absolute atomic E-state index is 12.7. The Morgan fingerprint density at radius 1 is 1.04 bits per heavy atom. The molecule has 6 nitrogen and oxygen atoms in total. The van der Waals surface area contributed by atoms with E-state index in [1.54, 1.807) is 0 Å². The number of aromatic nitrogens is 2. The van der Waals surface area contributed by atoms with Crippen LogP contribution in [0, 0.1) is 5.92 Å². The van der Waals surface area contributed by atoms with Gasteiger partial charge in [-0.15, -0.1) is 5.10 Å². The third-order valence-electron chi connectivity index (χ3n) is 5.45. The fraction of sp³-hybridized carbons (Fsp3) is 0.550. The quantitative estimate of drug-likeness (QED) is 0.890. The summed E-state index contributed by atoms with van der Waals surface area (Å²) in [6, 6.07) is 10.0. The van der Waals surface area contributed by atoms with Crippen molar-refractivity contribution in [3.05, 3.63) is 41.8 Å². The van der Waals surface area contributed by atoms with Gasteiger partial charge in [-0.3, -0.25) is 4.79 Å². The van der Waals surface area contributed by atoms with Gasteiger partial charge in [-0.05, 0) is 37.7 Å². The van der Waals surface area contributed by atoms with E-state index in [0.717, 1.165) is 57.2 Å². The molecule has 1 aliphatic carbocycles. The molecule has 1 saturated carbocycles. The van der Waals surface area contributed by atoms with E-state index in [4.69, 9.17) is 4.42 Å². The number of hydrogen-bond donors (Lipinski definition) is 1. The molecular formula is C20H26N4O2. The van der Waals surface area contributed by atoms with Gasteiger partial charge in [0.05, 0.1) is 0 Å². The van der Waals surface area contributed by atoms with Crippen molar-refractivity contribution < 1.29 is 9.21 Å². The van der Waals surface area contributed by atoms with Gasteiger partial charge in [-0.1, -0.05) is 48.3 Å². The van der Waals surface area contributed by atoms with Crippen molar-refractivity contribution in [3.63, 3.8) is 0 Å². The molecule has 1 aliphatic heterocycles. The van der Waals surface area contributed by atoms with Gasteiger partial charge in [0.2, 0.25) is 11.8 Å². The molecule has 0 radical (unpaired) electrons. The first kappa shape index (κ1) is 17.1. The summed E-state index contributed by atoms with van der Waals surface area (Å²) >= 11 is 0. The molecule has 0 unspecified atom stereocenters. The van der Waals surface area contributed by atoms with E-state index in [2.05, 4.69) is 20.4 Å². The average molecular weight is 354 g/mol. The van der Waals surface area contributed by atoms with Crippen LogP contribution in [0.2, 0.25) is 0 Å². The molecule has 2 aromatic rings. The van der Waals surface area contributed by atoms with Crippen molar-refractivity contribution in [2.24, 2.45) is 5.92 Å². The van der Waals surface area contributed by atoms with Crippen molar-refractivity contribution >= 4 is 11.9 Å². The molecule has 1 amide bonds. The first-order valence-electron chi connectivity index (χ1n) is 9.75. The van der Waals surface area contributed by atoms with Crippen molar-refractivity contribution in [2.75, 3.05) is 18.0 Å². The second kappa shape index (κ2) is 7.89. The molecule has 6 heteroatoms. The van der Waals surface area contributed by atoms with Crippen LogP contribution in [-0.4, -0.2) is 29.2 Å². The Bertz CT molecular complexity index is 718. The SMILES string of the molecule is O=C(N[C@@H](c1ccccc1)c1nnc(N2CCCCC2)o1)C1CCCC1. The molecule has 0 bridgehead atoms. The Balaban J connectivity index is 1.56. The highest BCUT2D eigenvalue weighted by Gasteiger charge is 2.29. The van der Waals surface area contributed by atoms with E-state index in [1.807, 2.05) is 30.3 Å². The minimum Gasteiger partial charge on any atom is -0.405 e. The maximum Gasteiger partial charge on any atom is 0.318 e. The molecular weight excluding hydrogens is 328 g/mol. The second-order valence-corrected chi connectivity index (χ2v) is 7.30. The highest BCUT2D eigenvalue weighted by molar-refractivity contribution is 5.79. The van der Waals surface area contributed by atoms with Crippen LogP contribution in [0.3, 0.4) is 0 Å². The third-order valence-corrected chi connectivity index (χ3v) is 5.45. The molecule has 2 fully saturated rings. The lowest BCUT2D eigenvalue weighted by Crippen LogP contribution is -2.33. The Hall–Kier alpha value is -2.37. The normalized spacial score (nSPS) is 19.5. The first-order valence-corrected chi connectivity index (χ1v) is 9.75. The topological polar surface area (TPSA) is 71.3 Å². The fourth-order valence-corrected chi connectivity index (χ4v) is 3.94. The Morgan fingerprint density at radius 2 is 1.77 bits per heavy atom. The summed E-state index contributed by atoms with van der Waals surface area (Å²) in [7, 11) is 0. The molecule has 4 rings (SSSR count). The van der Waals surface area contributed by atoms with E-state index in [9.17, 15) is 4.79 Å². The van der Waals surface area contributed by atoms with Gasteiger partial charge in [-0.2, -0.15) is 0 Å². The van der Waals surface area contributed by atoms with Gasteiger partial charge in [0, 0.05) is 19.0 Å². The fourth-order valence-electron chi connectivity index (χ4n) is 3.94. The van der Waals surface area contributed by atoms with Gasteiger partial charge in [0.25, 0.3) is 0 Å². The van der Waals surface area contributed by atoms with Gasteiger partial charge in [0.1, 0.15) is 6.04 Å². The van der Waals surface area contributed by atoms with Crippen LogP contribution in [0.25, 0.3) is 0 Å². The van der Waals surface area contributed by atoms with Crippen LogP contribution in [0.1, 0.15) is 62.4 Å². The molecule has 26 heavy (non-hydrogen) atoms. The molecule has 1 aromatic carbocycles. The Labute approximate surface area is 154 Å². The highest BCUT2D eigenvalue weighted by atomic mass is 16.4. The largest absolute Gasteiger partial charge is 0.405 e. The second-order valence-electron chi connectivity index (χ2n) is 7.30. The summed E-state index contributed by atoms with van der Waals surface area (Å²) in [5, 5.41) is 11.7. The number of benzene rings is 1. The number of nitrogens with zero attached hydrogens (tertiary/aromatic N) is 3. The summed E-state index contributed by atoms with van der Waals surface area (Å²) in [4.78, 5) is 14.8. The zero-order valence-electron chi connectivity index (χ0n) is 15.1. The standard InChI is InChI=1S/C20H26N4O2/c25-18(16-11-5-6-12-16)21-17(15-9-3-1-4-10-15)19-22-23-20(26-19)24-13-7-2-8-14-24/h1,3-4,9-10,16-17H,2,5-8,11-14H2,(H,21,25)/t17-/m0/s1. The summed E-state index contributed by atoms with van der Waals surface area (Å²) in [5.41, 5.74) is 0.965. The molecule has 1 atom stereocenters. The van der Waals surface area contributed by atoms with Crippen LogP contribution in [-0.2, 0) is 4.79 Å². The summed E-state index contributed by atoms with van der Waals surface area (Å²) in [5.74, 6) is 0.655. The lowest BCUT2D eigenvalue weighted by molar-refractivity contribution is -0.125. The van der Waals surface area contributed by atoms with Crippen molar-refractivity contribution in [2.45, 2.75) is 51.0 Å². The van der Waals surface area contributed by atoms with Gasteiger partial charge >= 0.3 is 6.01 Å². The van der Waals surface area contributed by atoms with Gasteiger partial charge in [0.15, 0.2) is 0 Å². The molecule has 1 aromatic heterocycles. The number of hydrogen-bond acceptors (Lipinski definition) is 5. The third kappa shape index (κ3) is 3.74. The monoisotopic (exact) mass is 354 g/mol. The smallest absolute Gasteiger partial charge is 0.318 e. The minimum atomic E-state index is -0.393. The number of nitrogens with one attached hydrogen (secondary N) is 1. The predicted molar refractivity (Wildman–Crippen MR) is 98.7 cm³/mol.